The predicted molar refractivity (Wildman–Crippen MR) is 109 cm³/mol. The summed E-state index contributed by atoms with van der Waals surface area (Å²) in [7, 11) is 0. The van der Waals surface area contributed by atoms with E-state index < -0.39 is 0 Å². The fourth-order valence-corrected chi connectivity index (χ4v) is 3.83. The monoisotopic (exact) mass is 373 g/mol. The average molecular weight is 373 g/mol. The Morgan fingerprint density at radius 2 is 1.82 bits per heavy atom. The molecule has 1 heterocycles. The third-order valence-electron chi connectivity index (χ3n) is 5.27. The average Bonchev–Trinajstić information content (AvgIpc) is 3.13. The molecule has 0 radical (unpaired) electrons. The molecule has 2 aromatic carbocycles. The molecule has 5 nitrogen and oxygen atoms in total. The quantitative estimate of drug-likeness (QED) is 0.722. The Morgan fingerprint density at radius 1 is 1.04 bits per heavy atom. The lowest BCUT2D eigenvalue weighted by atomic mass is 9.97. The highest BCUT2D eigenvalue weighted by molar-refractivity contribution is 5.77. The third-order valence-corrected chi connectivity index (χ3v) is 5.27. The van der Waals surface area contributed by atoms with Crippen LogP contribution < -0.4 is 10.9 Å². The standard InChI is InChI=1S/C23H23N3O2/c27-22(16-19-11-10-17-6-4-5-9-20(17)19)24-14-15-26-23(28)13-12-21(25-26)18-7-2-1-3-8-18/h1-9,12-13,19H,10-11,14-16H2,(H,24,27)/t19-/m0/s1. The number of fused-ring (bicyclic) bond motifs is 1. The molecular formula is C23H23N3O2. The summed E-state index contributed by atoms with van der Waals surface area (Å²) in [5.74, 6) is 0.312. The van der Waals surface area contributed by atoms with E-state index in [0.29, 0.717) is 25.4 Å². The first-order valence-electron chi connectivity index (χ1n) is 9.69. The van der Waals surface area contributed by atoms with Crippen molar-refractivity contribution in [3.05, 3.63) is 88.2 Å². The van der Waals surface area contributed by atoms with Gasteiger partial charge in [0.05, 0.1) is 12.2 Å². The first-order valence-corrected chi connectivity index (χ1v) is 9.69. The third kappa shape index (κ3) is 4.03. The van der Waals surface area contributed by atoms with Gasteiger partial charge in [-0.3, -0.25) is 9.59 Å². The number of carbonyl (C=O) groups is 1. The van der Waals surface area contributed by atoms with Crippen LogP contribution >= 0.6 is 0 Å². The number of carbonyl (C=O) groups excluding carboxylic acids is 1. The van der Waals surface area contributed by atoms with Gasteiger partial charge in [-0.15, -0.1) is 0 Å². The molecule has 1 aliphatic carbocycles. The van der Waals surface area contributed by atoms with Crippen molar-refractivity contribution in [1.29, 1.82) is 0 Å². The summed E-state index contributed by atoms with van der Waals surface area (Å²) in [6, 6.07) is 21.3. The lowest BCUT2D eigenvalue weighted by molar-refractivity contribution is -0.121. The highest BCUT2D eigenvalue weighted by Crippen LogP contribution is 2.34. The number of benzene rings is 2. The van der Waals surface area contributed by atoms with Gasteiger partial charge in [0.1, 0.15) is 0 Å². The van der Waals surface area contributed by atoms with Gasteiger partial charge in [-0.05, 0) is 36.0 Å². The minimum atomic E-state index is -0.168. The Balaban J connectivity index is 1.34. The molecule has 0 aliphatic heterocycles. The second-order valence-corrected chi connectivity index (χ2v) is 7.13. The molecule has 1 aromatic heterocycles. The number of nitrogens with zero attached hydrogens (tertiary/aromatic N) is 2. The van der Waals surface area contributed by atoms with Crippen molar-refractivity contribution in [2.24, 2.45) is 0 Å². The molecule has 0 saturated heterocycles. The maximum absolute atomic E-state index is 12.4. The second kappa shape index (κ2) is 8.21. The molecule has 1 amide bonds. The van der Waals surface area contributed by atoms with Gasteiger partial charge in [-0.2, -0.15) is 5.10 Å². The molecule has 0 fully saturated rings. The zero-order valence-corrected chi connectivity index (χ0v) is 15.7. The van der Waals surface area contributed by atoms with Crippen LogP contribution in [0.5, 0.6) is 0 Å². The van der Waals surface area contributed by atoms with Crippen molar-refractivity contribution in [3.8, 4) is 11.3 Å². The van der Waals surface area contributed by atoms with Gasteiger partial charge in [0.15, 0.2) is 0 Å². The number of aromatic nitrogens is 2. The topological polar surface area (TPSA) is 64.0 Å². The summed E-state index contributed by atoms with van der Waals surface area (Å²) < 4.78 is 1.41. The smallest absolute Gasteiger partial charge is 0.266 e. The van der Waals surface area contributed by atoms with Crippen LogP contribution in [0, 0.1) is 0 Å². The second-order valence-electron chi connectivity index (χ2n) is 7.13. The molecule has 1 aliphatic rings. The normalized spacial score (nSPS) is 15.2. The Hall–Kier alpha value is -3.21. The van der Waals surface area contributed by atoms with Gasteiger partial charge in [0, 0.05) is 24.6 Å². The van der Waals surface area contributed by atoms with Crippen LogP contribution in [-0.4, -0.2) is 22.2 Å². The number of nitrogens with one attached hydrogen (secondary N) is 1. The largest absolute Gasteiger partial charge is 0.354 e. The summed E-state index contributed by atoms with van der Waals surface area (Å²) in [5, 5.41) is 7.36. The molecule has 1 atom stereocenters. The van der Waals surface area contributed by atoms with E-state index in [0.717, 1.165) is 24.1 Å². The van der Waals surface area contributed by atoms with E-state index in [2.05, 4.69) is 28.6 Å². The highest BCUT2D eigenvalue weighted by Gasteiger charge is 2.23. The van der Waals surface area contributed by atoms with E-state index in [1.54, 1.807) is 6.07 Å². The van der Waals surface area contributed by atoms with Crippen molar-refractivity contribution >= 4 is 5.91 Å². The van der Waals surface area contributed by atoms with Crippen LogP contribution in [0.25, 0.3) is 11.3 Å². The first kappa shape index (κ1) is 18.2. The van der Waals surface area contributed by atoms with Gasteiger partial charge in [0.2, 0.25) is 5.91 Å². The fourth-order valence-electron chi connectivity index (χ4n) is 3.83. The molecule has 3 aromatic rings. The number of hydrogen-bond acceptors (Lipinski definition) is 3. The Labute approximate surface area is 164 Å². The first-order chi connectivity index (χ1) is 13.7. The molecule has 0 bridgehead atoms. The Morgan fingerprint density at radius 3 is 2.68 bits per heavy atom. The van der Waals surface area contributed by atoms with E-state index in [-0.39, 0.29) is 11.5 Å². The summed E-state index contributed by atoms with van der Waals surface area (Å²) in [5.41, 5.74) is 4.19. The van der Waals surface area contributed by atoms with Gasteiger partial charge < -0.3 is 5.32 Å². The zero-order valence-electron chi connectivity index (χ0n) is 15.7. The summed E-state index contributed by atoms with van der Waals surface area (Å²) >= 11 is 0. The van der Waals surface area contributed by atoms with E-state index >= 15 is 0 Å². The predicted octanol–water partition coefficient (Wildman–Crippen LogP) is 3.15. The van der Waals surface area contributed by atoms with Crippen molar-refractivity contribution in [2.45, 2.75) is 31.7 Å². The molecular weight excluding hydrogens is 350 g/mol. The number of amides is 1. The maximum Gasteiger partial charge on any atom is 0.266 e. The van der Waals surface area contributed by atoms with Crippen LogP contribution in [0.1, 0.15) is 29.9 Å². The molecule has 0 unspecified atom stereocenters. The van der Waals surface area contributed by atoms with Gasteiger partial charge in [0.25, 0.3) is 5.56 Å². The number of rotatable bonds is 6. The zero-order chi connectivity index (χ0) is 19.3. The van der Waals surface area contributed by atoms with Crippen LogP contribution in [-0.2, 0) is 17.8 Å². The van der Waals surface area contributed by atoms with Crippen LogP contribution in [0.2, 0.25) is 0 Å². The van der Waals surface area contributed by atoms with E-state index in [4.69, 9.17) is 0 Å². The van der Waals surface area contributed by atoms with Crippen LogP contribution in [0.4, 0.5) is 0 Å². The summed E-state index contributed by atoms with van der Waals surface area (Å²) in [6.45, 7) is 0.741. The van der Waals surface area contributed by atoms with Gasteiger partial charge in [-0.25, -0.2) is 4.68 Å². The Bertz CT molecular complexity index is 1030. The highest BCUT2D eigenvalue weighted by atomic mass is 16.1. The molecule has 5 heteroatoms. The minimum absolute atomic E-state index is 0.0222. The Kier molecular flexibility index (Phi) is 5.33. The van der Waals surface area contributed by atoms with Crippen molar-refractivity contribution in [1.82, 2.24) is 15.1 Å². The number of aryl methyl sites for hydroxylation is 1. The summed E-state index contributed by atoms with van der Waals surface area (Å²) in [6.07, 6.45) is 2.55. The van der Waals surface area contributed by atoms with Gasteiger partial charge in [-0.1, -0.05) is 54.6 Å². The molecule has 0 spiro atoms. The van der Waals surface area contributed by atoms with Crippen molar-refractivity contribution in [3.63, 3.8) is 0 Å². The molecule has 0 saturated carbocycles. The van der Waals surface area contributed by atoms with Crippen molar-refractivity contribution < 1.29 is 4.79 Å². The molecule has 4 rings (SSSR count). The minimum Gasteiger partial charge on any atom is -0.354 e. The molecule has 1 N–H and O–H groups in total. The van der Waals surface area contributed by atoms with Crippen molar-refractivity contribution in [2.75, 3.05) is 6.54 Å². The maximum atomic E-state index is 12.4. The fraction of sp³-hybridized carbons (Fsp3) is 0.261. The SMILES string of the molecule is O=C(C[C@@H]1CCc2ccccc21)NCCn1nc(-c2ccccc2)ccc1=O. The molecule has 142 valence electrons. The van der Waals surface area contributed by atoms with Crippen LogP contribution in [0.15, 0.2) is 71.5 Å². The lowest BCUT2D eigenvalue weighted by Gasteiger charge is -2.12. The number of hydrogen-bond donors (Lipinski definition) is 1. The van der Waals surface area contributed by atoms with Gasteiger partial charge >= 0.3 is 0 Å². The molecule has 28 heavy (non-hydrogen) atoms. The van der Waals surface area contributed by atoms with Crippen LogP contribution in [0.3, 0.4) is 0 Å². The summed E-state index contributed by atoms with van der Waals surface area (Å²) in [4.78, 5) is 24.4. The van der Waals surface area contributed by atoms with E-state index in [1.807, 2.05) is 36.4 Å². The lowest BCUT2D eigenvalue weighted by Crippen LogP contribution is -2.32. The van der Waals surface area contributed by atoms with E-state index in [1.165, 1.54) is 21.9 Å². The van der Waals surface area contributed by atoms with E-state index in [9.17, 15) is 9.59 Å².